The number of rotatable bonds is 2. The number of hydrogen-bond donors (Lipinski definition) is 1. The molecule has 0 spiro atoms. The molecule has 0 aromatic carbocycles. The highest BCUT2D eigenvalue weighted by molar-refractivity contribution is 5.70. The normalized spacial score (nSPS) is 10.3. The number of anilines is 1. The van der Waals surface area contributed by atoms with Gasteiger partial charge >= 0.3 is 0 Å². The molecule has 19 heavy (non-hydrogen) atoms. The second-order valence-electron chi connectivity index (χ2n) is 4.15. The molecule has 0 radical (unpaired) electrons. The van der Waals surface area contributed by atoms with Gasteiger partial charge in [-0.05, 0) is 36.4 Å². The topological polar surface area (TPSA) is 64.7 Å². The quantitative estimate of drug-likeness (QED) is 0.757. The maximum absolute atomic E-state index is 5.95. The Morgan fingerprint density at radius 2 is 1.32 bits per heavy atom. The van der Waals surface area contributed by atoms with E-state index in [-0.39, 0.29) is 0 Å². The largest absolute Gasteiger partial charge is 0.399 e. The van der Waals surface area contributed by atoms with Gasteiger partial charge in [-0.15, -0.1) is 0 Å². The molecule has 0 atom stereocenters. The van der Waals surface area contributed by atoms with Gasteiger partial charge < -0.3 is 5.73 Å². The van der Waals surface area contributed by atoms with Crippen LogP contribution in [0.15, 0.2) is 61.2 Å². The van der Waals surface area contributed by atoms with Gasteiger partial charge in [-0.2, -0.15) is 0 Å². The number of nitrogen functional groups attached to an aromatic ring is 1. The van der Waals surface area contributed by atoms with Crippen LogP contribution in [0.1, 0.15) is 0 Å². The lowest BCUT2D eigenvalue weighted by atomic mass is 10.1. The van der Waals surface area contributed by atoms with Gasteiger partial charge in [0.15, 0.2) is 0 Å². The average Bonchev–Trinajstić information content (AvgIpc) is 2.48. The number of hydrogen-bond acceptors (Lipinski definition) is 4. The van der Waals surface area contributed by atoms with Gasteiger partial charge in [0.2, 0.25) is 0 Å². The summed E-state index contributed by atoms with van der Waals surface area (Å²) in [4.78, 5) is 12.8. The Morgan fingerprint density at radius 3 is 1.74 bits per heavy atom. The smallest absolute Gasteiger partial charge is 0.0745 e. The summed E-state index contributed by atoms with van der Waals surface area (Å²) in [5, 5.41) is 0. The first-order valence-electron chi connectivity index (χ1n) is 5.91. The van der Waals surface area contributed by atoms with E-state index in [9.17, 15) is 0 Å². The maximum Gasteiger partial charge on any atom is 0.0745 e. The summed E-state index contributed by atoms with van der Waals surface area (Å²) in [6.45, 7) is 0. The second-order valence-corrected chi connectivity index (χ2v) is 4.15. The van der Waals surface area contributed by atoms with Crippen LogP contribution in [0.4, 0.5) is 5.69 Å². The lowest BCUT2D eigenvalue weighted by Gasteiger charge is -2.06. The summed E-state index contributed by atoms with van der Waals surface area (Å²) in [6.07, 6.45) is 7.01. The zero-order valence-corrected chi connectivity index (χ0v) is 10.2. The lowest BCUT2D eigenvalue weighted by molar-refractivity contribution is 1.26. The van der Waals surface area contributed by atoms with Gasteiger partial charge in [-0.25, -0.2) is 4.98 Å². The van der Waals surface area contributed by atoms with E-state index in [1.165, 1.54) is 0 Å². The van der Waals surface area contributed by atoms with E-state index in [1.807, 2.05) is 36.4 Å². The molecule has 3 heterocycles. The summed E-state index contributed by atoms with van der Waals surface area (Å²) >= 11 is 0. The fourth-order valence-corrected chi connectivity index (χ4v) is 1.88. The van der Waals surface area contributed by atoms with Crippen LogP contribution in [0.2, 0.25) is 0 Å². The molecule has 4 heteroatoms. The first kappa shape index (κ1) is 11.3. The Hall–Kier alpha value is -2.75. The molecule has 0 aliphatic heterocycles. The molecule has 0 saturated carbocycles. The van der Waals surface area contributed by atoms with Gasteiger partial charge in [0.05, 0.1) is 11.4 Å². The van der Waals surface area contributed by atoms with Gasteiger partial charge in [-0.3, -0.25) is 9.97 Å². The predicted molar refractivity (Wildman–Crippen MR) is 75.1 cm³/mol. The van der Waals surface area contributed by atoms with Crippen LogP contribution in [0.25, 0.3) is 22.5 Å². The van der Waals surface area contributed by atoms with Crippen molar-refractivity contribution in [3.05, 3.63) is 61.2 Å². The minimum atomic E-state index is 0.674. The van der Waals surface area contributed by atoms with E-state index in [0.717, 1.165) is 22.5 Å². The summed E-state index contributed by atoms with van der Waals surface area (Å²) < 4.78 is 0. The summed E-state index contributed by atoms with van der Waals surface area (Å²) in [7, 11) is 0. The molecule has 0 unspecified atom stereocenters. The van der Waals surface area contributed by atoms with Gasteiger partial charge in [0.25, 0.3) is 0 Å². The van der Waals surface area contributed by atoms with Crippen LogP contribution in [-0.4, -0.2) is 15.0 Å². The molecule has 3 aromatic heterocycles. The molecule has 3 aromatic rings. The molecule has 0 aliphatic rings. The standard InChI is InChI=1S/C15H12N4/c16-13-7-14(11-3-1-5-17-9-11)19-15(8-13)12-4-2-6-18-10-12/h1-10H,(H2,16,19). The first-order valence-corrected chi connectivity index (χ1v) is 5.91. The maximum atomic E-state index is 5.95. The summed E-state index contributed by atoms with van der Waals surface area (Å²) in [5.41, 5.74) is 10.1. The van der Waals surface area contributed by atoms with Gasteiger partial charge in [0, 0.05) is 41.6 Å². The molecule has 3 rings (SSSR count). The number of nitrogens with two attached hydrogens (primary N) is 1. The van der Waals surface area contributed by atoms with E-state index in [1.54, 1.807) is 24.8 Å². The van der Waals surface area contributed by atoms with Crippen LogP contribution in [-0.2, 0) is 0 Å². The molecule has 0 fully saturated rings. The Labute approximate surface area is 111 Å². The van der Waals surface area contributed by atoms with Crippen molar-refractivity contribution in [1.29, 1.82) is 0 Å². The average molecular weight is 248 g/mol. The molecule has 0 bridgehead atoms. The third kappa shape index (κ3) is 2.42. The van der Waals surface area contributed by atoms with Crippen LogP contribution < -0.4 is 5.73 Å². The number of pyridine rings is 3. The first-order chi connectivity index (χ1) is 9.33. The van der Waals surface area contributed by atoms with E-state index in [2.05, 4.69) is 15.0 Å². The minimum absolute atomic E-state index is 0.674. The van der Waals surface area contributed by atoms with Crippen LogP contribution >= 0.6 is 0 Å². The highest BCUT2D eigenvalue weighted by Crippen LogP contribution is 2.24. The van der Waals surface area contributed by atoms with Gasteiger partial charge in [0.1, 0.15) is 0 Å². The molecular formula is C15H12N4. The Morgan fingerprint density at radius 1 is 0.789 bits per heavy atom. The molecule has 0 amide bonds. The lowest BCUT2D eigenvalue weighted by Crippen LogP contribution is -1.93. The molecular weight excluding hydrogens is 236 g/mol. The van der Waals surface area contributed by atoms with Crippen LogP contribution in [0.5, 0.6) is 0 Å². The van der Waals surface area contributed by atoms with Crippen molar-refractivity contribution in [2.75, 3.05) is 5.73 Å². The third-order valence-corrected chi connectivity index (χ3v) is 2.76. The van der Waals surface area contributed by atoms with Crippen molar-refractivity contribution in [1.82, 2.24) is 15.0 Å². The second kappa shape index (κ2) is 4.86. The van der Waals surface area contributed by atoms with E-state index in [4.69, 9.17) is 5.73 Å². The van der Waals surface area contributed by atoms with Crippen molar-refractivity contribution in [2.24, 2.45) is 0 Å². The zero-order valence-electron chi connectivity index (χ0n) is 10.2. The van der Waals surface area contributed by atoms with Crippen molar-refractivity contribution in [3.8, 4) is 22.5 Å². The Balaban J connectivity index is 2.12. The van der Waals surface area contributed by atoms with E-state index >= 15 is 0 Å². The van der Waals surface area contributed by atoms with Crippen molar-refractivity contribution in [2.45, 2.75) is 0 Å². The van der Waals surface area contributed by atoms with Crippen molar-refractivity contribution in [3.63, 3.8) is 0 Å². The molecule has 0 aliphatic carbocycles. The molecule has 2 N–H and O–H groups in total. The third-order valence-electron chi connectivity index (χ3n) is 2.76. The minimum Gasteiger partial charge on any atom is -0.399 e. The summed E-state index contributed by atoms with van der Waals surface area (Å²) in [6, 6.07) is 11.4. The van der Waals surface area contributed by atoms with Crippen molar-refractivity contribution >= 4 is 5.69 Å². The molecule has 92 valence electrons. The SMILES string of the molecule is Nc1cc(-c2cccnc2)nc(-c2cccnc2)c1. The van der Waals surface area contributed by atoms with E-state index < -0.39 is 0 Å². The Kier molecular flexibility index (Phi) is 2.90. The van der Waals surface area contributed by atoms with Crippen molar-refractivity contribution < 1.29 is 0 Å². The van der Waals surface area contributed by atoms with Crippen LogP contribution in [0.3, 0.4) is 0 Å². The molecule has 4 nitrogen and oxygen atoms in total. The molecule has 0 saturated heterocycles. The summed E-state index contributed by atoms with van der Waals surface area (Å²) in [5.74, 6) is 0. The fraction of sp³-hybridized carbons (Fsp3) is 0. The fourth-order valence-electron chi connectivity index (χ4n) is 1.88. The predicted octanol–water partition coefficient (Wildman–Crippen LogP) is 2.79. The monoisotopic (exact) mass is 248 g/mol. The van der Waals surface area contributed by atoms with Crippen LogP contribution in [0, 0.1) is 0 Å². The number of aromatic nitrogens is 3. The highest BCUT2D eigenvalue weighted by atomic mass is 14.7. The highest BCUT2D eigenvalue weighted by Gasteiger charge is 2.05. The zero-order chi connectivity index (χ0) is 13.1. The van der Waals surface area contributed by atoms with Gasteiger partial charge in [-0.1, -0.05) is 0 Å². The van der Waals surface area contributed by atoms with E-state index in [0.29, 0.717) is 5.69 Å². The number of nitrogens with zero attached hydrogens (tertiary/aromatic N) is 3. The Bertz CT molecular complexity index is 623.